The third-order valence-corrected chi connectivity index (χ3v) is 2.70. The fraction of sp³-hybridized carbons (Fsp3) is 0.467. The highest BCUT2D eigenvalue weighted by molar-refractivity contribution is 5.37. The third-order valence-electron chi connectivity index (χ3n) is 2.70. The fourth-order valence-corrected chi connectivity index (χ4v) is 1.67. The highest BCUT2D eigenvalue weighted by Gasteiger charge is 2.00. The van der Waals surface area contributed by atoms with E-state index in [0.29, 0.717) is 6.42 Å². The second-order valence-corrected chi connectivity index (χ2v) is 3.94. The van der Waals surface area contributed by atoms with Crippen molar-refractivity contribution in [2.24, 2.45) is 0 Å². The minimum atomic E-state index is 0.131. The molecule has 0 radical (unpaired) electrons. The number of hydrogen-bond donors (Lipinski definition) is 1. The molecular weight excluding hydrogens is 210 g/mol. The van der Waals surface area contributed by atoms with Crippen LogP contribution in [0.3, 0.4) is 0 Å². The molecule has 1 N–H and O–H groups in total. The van der Waals surface area contributed by atoms with Gasteiger partial charge in [0, 0.05) is 18.5 Å². The smallest absolute Gasteiger partial charge is 0.0540 e. The van der Waals surface area contributed by atoms with Crippen molar-refractivity contribution >= 4 is 0 Å². The third kappa shape index (κ3) is 5.04. The second kappa shape index (κ2) is 7.89. The van der Waals surface area contributed by atoms with Crippen molar-refractivity contribution in [3.63, 3.8) is 0 Å². The Kier molecular flexibility index (Phi) is 6.39. The van der Waals surface area contributed by atoms with E-state index in [1.807, 2.05) is 12.1 Å². The van der Waals surface area contributed by atoms with Crippen LogP contribution >= 0.6 is 0 Å². The van der Waals surface area contributed by atoms with E-state index >= 15 is 0 Å². The average molecular weight is 231 g/mol. The summed E-state index contributed by atoms with van der Waals surface area (Å²) < 4.78 is 0. The van der Waals surface area contributed by atoms with Gasteiger partial charge in [0.25, 0.3) is 0 Å². The quantitative estimate of drug-likeness (QED) is 0.786. The summed E-state index contributed by atoms with van der Waals surface area (Å²) in [6.45, 7) is 7.59. The molecule has 0 unspecified atom stereocenters. The number of aliphatic hydroxyl groups excluding tert-OH is 1. The molecule has 2 heteroatoms. The van der Waals surface area contributed by atoms with Crippen LogP contribution in [-0.4, -0.2) is 29.7 Å². The normalized spacial score (nSPS) is 10.1. The highest BCUT2D eigenvalue weighted by Crippen LogP contribution is 2.07. The molecule has 0 bridgehead atoms. The van der Waals surface area contributed by atoms with Gasteiger partial charge < -0.3 is 5.11 Å². The molecule has 0 fully saturated rings. The summed E-state index contributed by atoms with van der Waals surface area (Å²) in [7, 11) is 0. The van der Waals surface area contributed by atoms with E-state index in [1.165, 1.54) is 5.56 Å². The van der Waals surface area contributed by atoms with Gasteiger partial charge in [0.1, 0.15) is 0 Å². The number of rotatable bonds is 5. The Balaban J connectivity index is 2.69. The topological polar surface area (TPSA) is 23.5 Å². The monoisotopic (exact) mass is 231 g/mol. The van der Waals surface area contributed by atoms with Crippen LogP contribution in [0.15, 0.2) is 24.3 Å². The van der Waals surface area contributed by atoms with Crippen molar-refractivity contribution in [2.45, 2.75) is 26.8 Å². The number of nitrogens with zero attached hydrogens (tertiary/aromatic N) is 1. The molecule has 1 aromatic carbocycles. The van der Waals surface area contributed by atoms with Crippen molar-refractivity contribution in [2.75, 3.05) is 19.7 Å². The molecule has 0 saturated carbocycles. The second-order valence-electron chi connectivity index (χ2n) is 3.94. The molecule has 0 amide bonds. The first-order valence-corrected chi connectivity index (χ1v) is 6.21. The van der Waals surface area contributed by atoms with Gasteiger partial charge in [-0.3, -0.25) is 4.90 Å². The lowest BCUT2D eigenvalue weighted by atomic mass is 10.1. The van der Waals surface area contributed by atoms with Crippen molar-refractivity contribution in [1.29, 1.82) is 0 Å². The van der Waals surface area contributed by atoms with Crippen molar-refractivity contribution in [1.82, 2.24) is 4.90 Å². The summed E-state index contributed by atoms with van der Waals surface area (Å²) in [4.78, 5) is 2.38. The van der Waals surface area contributed by atoms with Crippen LogP contribution in [0.4, 0.5) is 0 Å². The van der Waals surface area contributed by atoms with Gasteiger partial charge in [-0.1, -0.05) is 37.8 Å². The average Bonchev–Trinajstić information content (AvgIpc) is 2.37. The minimum Gasteiger partial charge on any atom is -0.395 e. The van der Waals surface area contributed by atoms with E-state index < -0.39 is 0 Å². The molecule has 2 nitrogen and oxygen atoms in total. The van der Waals surface area contributed by atoms with Crippen molar-refractivity contribution < 1.29 is 5.11 Å². The number of aliphatic hydroxyl groups is 1. The van der Waals surface area contributed by atoms with Crippen LogP contribution in [0.5, 0.6) is 0 Å². The summed E-state index contributed by atoms with van der Waals surface area (Å²) in [5.74, 6) is 6.01. The SMILES string of the molecule is CCN(CC)Cc1cccc(C#CCCO)c1. The standard InChI is InChI=1S/C15H21NO/c1-3-16(4-2)13-15-10-7-9-14(12-15)8-5-6-11-17/h7,9-10,12,17H,3-4,6,11,13H2,1-2H3. The maximum Gasteiger partial charge on any atom is 0.0540 e. The lowest BCUT2D eigenvalue weighted by Gasteiger charge is -2.17. The van der Waals surface area contributed by atoms with E-state index in [0.717, 1.165) is 25.2 Å². The zero-order valence-corrected chi connectivity index (χ0v) is 10.7. The summed E-state index contributed by atoms with van der Waals surface area (Å²) >= 11 is 0. The molecule has 0 aliphatic heterocycles. The Morgan fingerprint density at radius 3 is 2.65 bits per heavy atom. The van der Waals surface area contributed by atoms with E-state index in [1.54, 1.807) is 0 Å². The Morgan fingerprint density at radius 1 is 1.24 bits per heavy atom. The maximum absolute atomic E-state index is 8.67. The Hall–Kier alpha value is -1.30. The molecule has 0 heterocycles. The molecule has 0 aliphatic rings. The lowest BCUT2D eigenvalue weighted by Crippen LogP contribution is -2.22. The van der Waals surface area contributed by atoms with E-state index in [9.17, 15) is 0 Å². The molecule has 0 saturated heterocycles. The number of benzene rings is 1. The van der Waals surface area contributed by atoms with Gasteiger partial charge in [-0.25, -0.2) is 0 Å². The van der Waals surface area contributed by atoms with E-state index in [2.05, 4.69) is 42.7 Å². The molecule has 0 atom stereocenters. The zero-order chi connectivity index (χ0) is 12.5. The van der Waals surface area contributed by atoms with Crippen molar-refractivity contribution in [3.05, 3.63) is 35.4 Å². The Bertz CT molecular complexity index is 385. The van der Waals surface area contributed by atoms with Gasteiger partial charge >= 0.3 is 0 Å². The Morgan fingerprint density at radius 2 is 2.00 bits per heavy atom. The maximum atomic E-state index is 8.67. The van der Waals surface area contributed by atoms with Gasteiger partial charge in [0.05, 0.1) is 6.61 Å². The van der Waals surface area contributed by atoms with Crippen molar-refractivity contribution in [3.8, 4) is 11.8 Å². The zero-order valence-electron chi connectivity index (χ0n) is 10.7. The predicted octanol–water partition coefficient (Wildman–Crippen LogP) is 2.26. The lowest BCUT2D eigenvalue weighted by molar-refractivity contribution is 0.296. The molecule has 0 spiro atoms. The van der Waals surface area contributed by atoms with Crippen LogP contribution in [0, 0.1) is 11.8 Å². The summed E-state index contributed by atoms with van der Waals surface area (Å²) in [6.07, 6.45) is 0.542. The minimum absolute atomic E-state index is 0.131. The van der Waals surface area contributed by atoms with Gasteiger partial charge in [-0.05, 0) is 30.8 Å². The van der Waals surface area contributed by atoms with Crippen LogP contribution in [0.25, 0.3) is 0 Å². The van der Waals surface area contributed by atoms with Gasteiger partial charge in [-0.2, -0.15) is 0 Å². The molecule has 1 rings (SSSR count). The molecule has 0 aliphatic carbocycles. The first kappa shape index (κ1) is 13.8. The predicted molar refractivity (Wildman–Crippen MR) is 71.6 cm³/mol. The summed E-state index contributed by atoms with van der Waals surface area (Å²) in [5, 5.41) is 8.67. The highest BCUT2D eigenvalue weighted by atomic mass is 16.2. The fourth-order valence-electron chi connectivity index (χ4n) is 1.67. The van der Waals surface area contributed by atoms with Crippen LogP contribution in [-0.2, 0) is 6.54 Å². The summed E-state index contributed by atoms with van der Waals surface area (Å²) in [5.41, 5.74) is 2.33. The molecular formula is C15H21NO. The first-order chi connectivity index (χ1) is 8.30. The molecule has 92 valence electrons. The molecule has 1 aromatic rings. The molecule has 17 heavy (non-hydrogen) atoms. The number of hydrogen-bond acceptors (Lipinski definition) is 2. The van der Waals surface area contributed by atoms with Gasteiger partial charge in [0.2, 0.25) is 0 Å². The Labute approximate surface area is 104 Å². The van der Waals surface area contributed by atoms with Gasteiger partial charge in [-0.15, -0.1) is 0 Å². The van der Waals surface area contributed by atoms with Crippen LogP contribution < -0.4 is 0 Å². The van der Waals surface area contributed by atoms with Crippen LogP contribution in [0.1, 0.15) is 31.4 Å². The first-order valence-electron chi connectivity index (χ1n) is 6.21. The van der Waals surface area contributed by atoms with Gasteiger partial charge in [0.15, 0.2) is 0 Å². The van der Waals surface area contributed by atoms with Crippen LogP contribution in [0.2, 0.25) is 0 Å². The summed E-state index contributed by atoms with van der Waals surface area (Å²) in [6, 6.07) is 8.32. The molecule has 0 aromatic heterocycles. The largest absolute Gasteiger partial charge is 0.395 e. The van der Waals surface area contributed by atoms with E-state index in [4.69, 9.17) is 5.11 Å². The van der Waals surface area contributed by atoms with E-state index in [-0.39, 0.29) is 6.61 Å².